The van der Waals surface area contributed by atoms with Crippen LogP contribution in [0, 0.1) is 0 Å². The van der Waals surface area contributed by atoms with Crippen molar-refractivity contribution in [1.82, 2.24) is 16.0 Å². The average molecular weight is 372 g/mol. The Hall–Kier alpha value is -3.47. The second-order valence-corrected chi connectivity index (χ2v) is 6.78. The van der Waals surface area contributed by atoms with Gasteiger partial charge < -0.3 is 21.1 Å². The third-order valence-electron chi connectivity index (χ3n) is 4.61. The molecular formula is C23H24N4O. The van der Waals surface area contributed by atoms with E-state index in [9.17, 15) is 5.11 Å². The van der Waals surface area contributed by atoms with Gasteiger partial charge in [-0.1, -0.05) is 60.8 Å². The number of aliphatic hydroxyl groups excluding tert-OH is 1. The van der Waals surface area contributed by atoms with E-state index < -0.39 is 0 Å². The van der Waals surface area contributed by atoms with Crippen molar-refractivity contribution < 1.29 is 5.11 Å². The summed E-state index contributed by atoms with van der Waals surface area (Å²) in [6.07, 6.45) is 28.7. The molecule has 0 atom stereocenters. The summed E-state index contributed by atoms with van der Waals surface area (Å²) in [5.74, 6) is 0.993. The molecule has 0 aromatic heterocycles. The fourth-order valence-electron chi connectivity index (χ4n) is 3.16. The van der Waals surface area contributed by atoms with Crippen molar-refractivity contribution in [2.75, 3.05) is 0 Å². The quantitative estimate of drug-likeness (QED) is 0.311. The van der Waals surface area contributed by atoms with Gasteiger partial charge in [0.15, 0.2) is 17.4 Å². The van der Waals surface area contributed by atoms with Gasteiger partial charge in [-0.2, -0.15) is 0 Å². The maximum Gasteiger partial charge on any atom is 0.199 e. The van der Waals surface area contributed by atoms with Gasteiger partial charge >= 0.3 is 0 Å². The highest BCUT2D eigenvalue weighted by molar-refractivity contribution is 5.98. The lowest BCUT2D eigenvalue weighted by Gasteiger charge is -2.19. The summed E-state index contributed by atoms with van der Waals surface area (Å²) in [7, 11) is 0. The third kappa shape index (κ3) is 4.43. The zero-order chi connectivity index (χ0) is 19.2. The Labute approximate surface area is 165 Å². The fourth-order valence-corrected chi connectivity index (χ4v) is 3.16. The van der Waals surface area contributed by atoms with Crippen LogP contribution in [-0.2, 0) is 0 Å². The van der Waals surface area contributed by atoms with Gasteiger partial charge in [-0.25, -0.2) is 0 Å². The lowest BCUT2D eigenvalue weighted by molar-refractivity contribution is 0.423. The summed E-state index contributed by atoms with van der Waals surface area (Å²) < 4.78 is 0. The number of hydrogen-bond donors (Lipinski definition) is 4. The minimum Gasteiger partial charge on any atom is -0.502 e. The fraction of sp³-hybridized carbons (Fsp3) is 0.174. The van der Waals surface area contributed by atoms with Crippen molar-refractivity contribution in [1.29, 1.82) is 0 Å². The lowest BCUT2D eigenvalue weighted by atomic mass is 10.3. The molecule has 0 aromatic rings. The molecule has 0 unspecified atom stereocenters. The van der Waals surface area contributed by atoms with E-state index in [4.69, 9.17) is 4.99 Å². The van der Waals surface area contributed by atoms with E-state index in [2.05, 4.69) is 40.3 Å². The second-order valence-electron chi connectivity index (χ2n) is 6.78. The summed E-state index contributed by atoms with van der Waals surface area (Å²) in [4.78, 5) is 4.71. The van der Waals surface area contributed by atoms with Gasteiger partial charge in [0, 0.05) is 29.9 Å². The van der Waals surface area contributed by atoms with Crippen LogP contribution in [0.4, 0.5) is 0 Å². The van der Waals surface area contributed by atoms with Gasteiger partial charge in [0.2, 0.25) is 0 Å². The zero-order valence-corrected chi connectivity index (χ0v) is 15.6. The lowest BCUT2D eigenvalue weighted by Crippen LogP contribution is -2.33. The molecule has 0 heterocycles. The van der Waals surface area contributed by atoms with Crippen LogP contribution in [0.5, 0.6) is 0 Å². The maximum atomic E-state index is 11.2. The third-order valence-corrected chi connectivity index (χ3v) is 4.61. The highest BCUT2D eigenvalue weighted by atomic mass is 16.3. The number of allylic oxidation sites excluding steroid dienone is 11. The molecule has 5 heteroatoms. The molecule has 4 aliphatic carbocycles. The molecule has 0 saturated heterocycles. The molecule has 0 spiro atoms. The van der Waals surface area contributed by atoms with Gasteiger partial charge in [0.1, 0.15) is 0 Å². The van der Waals surface area contributed by atoms with Crippen LogP contribution in [0.3, 0.4) is 0 Å². The number of nitrogens with zero attached hydrogens (tertiary/aromatic N) is 1. The van der Waals surface area contributed by atoms with E-state index >= 15 is 0 Å². The van der Waals surface area contributed by atoms with Crippen molar-refractivity contribution in [3.8, 4) is 0 Å². The molecule has 4 N–H and O–H groups in total. The van der Waals surface area contributed by atoms with Crippen molar-refractivity contribution in [2.45, 2.75) is 25.3 Å². The van der Waals surface area contributed by atoms with Gasteiger partial charge in [-0.05, 0) is 24.6 Å². The average Bonchev–Trinajstić information content (AvgIpc) is 3.48. The Morgan fingerprint density at radius 3 is 2.21 bits per heavy atom. The van der Waals surface area contributed by atoms with Gasteiger partial charge in [-0.3, -0.25) is 4.99 Å². The van der Waals surface area contributed by atoms with E-state index in [1.807, 2.05) is 54.7 Å². The first-order valence-corrected chi connectivity index (χ1v) is 9.53. The Morgan fingerprint density at radius 1 is 0.893 bits per heavy atom. The maximum absolute atomic E-state index is 11.2. The molecule has 0 saturated carbocycles. The van der Waals surface area contributed by atoms with Gasteiger partial charge in [0.05, 0.1) is 6.04 Å². The molecule has 0 aliphatic heterocycles. The molecule has 0 fully saturated rings. The van der Waals surface area contributed by atoms with Crippen LogP contribution < -0.4 is 16.0 Å². The number of rotatable bonds is 7. The molecule has 0 radical (unpaired) electrons. The Morgan fingerprint density at radius 2 is 1.61 bits per heavy atom. The Balaban J connectivity index is 1.65. The summed E-state index contributed by atoms with van der Waals surface area (Å²) in [5.41, 5.74) is 2.96. The summed E-state index contributed by atoms with van der Waals surface area (Å²) in [6.45, 7) is 0. The van der Waals surface area contributed by atoms with Crippen molar-refractivity contribution in [3.05, 3.63) is 108 Å². The summed E-state index contributed by atoms with van der Waals surface area (Å²) in [5, 5.41) is 21.1. The number of nitrogens with one attached hydrogen (secondary N) is 3. The number of hydrogen-bond acceptors (Lipinski definition) is 4. The summed E-state index contributed by atoms with van der Waals surface area (Å²) >= 11 is 0. The zero-order valence-electron chi connectivity index (χ0n) is 15.6. The molecular weight excluding hydrogens is 348 g/mol. The predicted molar refractivity (Wildman–Crippen MR) is 114 cm³/mol. The van der Waals surface area contributed by atoms with Gasteiger partial charge in [0.25, 0.3) is 0 Å². The van der Waals surface area contributed by atoms with Crippen LogP contribution in [0.25, 0.3) is 0 Å². The highest BCUT2D eigenvalue weighted by Crippen LogP contribution is 2.16. The molecule has 28 heavy (non-hydrogen) atoms. The van der Waals surface area contributed by atoms with E-state index in [0.29, 0.717) is 11.7 Å². The molecule has 5 nitrogen and oxygen atoms in total. The summed E-state index contributed by atoms with van der Waals surface area (Å²) in [6, 6.07) is -0.0983. The number of aliphatic imine (C=N–C) groups is 1. The predicted octanol–water partition coefficient (Wildman–Crippen LogP) is 3.91. The normalized spacial score (nSPS) is 21.1. The van der Waals surface area contributed by atoms with Crippen LogP contribution in [-0.4, -0.2) is 17.0 Å². The van der Waals surface area contributed by atoms with Crippen LogP contribution in [0.1, 0.15) is 19.3 Å². The molecule has 0 aromatic carbocycles. The first-order valence-electron chi connectivity index (χ1n) is 9.53. The number of aliphatic hydroxyl groups is 1. The highest BCUT2D eigenvalue weighted by Gasteiger charge is 2.18. The van der Waals surface area contributed by atoms with Gasteiger partial charge in [-0.15, -0.1) is 0 Å². The van der Waals surface area contributed by atoms with Crippen molar-refractivity contribution in [3.63, 3.8) is 0 Å². The minimum atomic E-state index is -0.0983. The molecule has 4 rings (SSSR count). The second kappa shape index (κ2) is 8.48. The number of amidine groups is 1. The Bertz CT molecular complexity index is 924. The minimum absolute atomic E-state index is 0.0514. The van der Waals surface area contributed by atoms with Crippen LogP contribution >= 0.6 is 0 Å². The first-order chi connectivity index (χ1) is 13.8. The van der Waals surface area contributed by atoms with Crippen molar-refractivity contribution >= 4 is 5.84 Å². The SMILES string of the molecule is O/C(C(=NC1C=CC=C1)NC1=CC=CC1)=C(/NC1=CCC=C1)NC1=CC=CC1. The largest absolute Gasteiger partial charge is 0.502 e. The van der Waals surface area contributed by atoms with E-state index in [1.54, 1.807) is 0 Å². The van der Waals surface area contributed by atoms with E-state index in [-0.39, 0.29) is 11.8 Å². The first kappa shape index (κ1) is 17.9. The smallest absolute Gasteiger partial charge is 0.199 e. The molecule has 142 valence electrons. The van der Waals surface area contributed by atoms with Crippen molar-refractivity contribution in [2.24, 2.45) is 4.99 Å². The van der Waals surface area contributed by atoms with E-state index in [0.717, 1.165) is 36.4 Å². The Kier molecular flexibility index (Phi) is 5.43. The monoisotopic (exact) mass is 372 g/mol. The molecule has 0 bridgehead atoms. The standard InChI is InChI=1S/C23H24N4O/c28-21(22(24-17-9-1-2-10-17)25-18-11-3-4-12-18)23(26-19-13-5-6-14-19)27-20-15-7-8-16-20/h1-7,9-11,13,15-17,26-28H,8,12,14H2,(H,24,25)/b23-21+. The molecule has 4 aliphatic rings. The van der Waals surface area contributed by atoms with E-state index in [1.165, 1.54) is 0 Å². The van der Waals surface area contributed by atoms with Crippen LogP contribution in [0.2, 0.25) is 0 Å². The topological polar surface area (TPSA) is 68.7 Å². The van der Waals surface area contributed by atoms with Crippen LogP contribution in [0.15, 0.2) is 113 Å². The molecule has 0 amide bonds.